The van der Waals surface area contributed by atoms with Crippen molar-refractivity contribution in [1.82, 2.24) is 20.1 Å². The SMILES string of the molecule is CCCc1cc(F)c(-c2cc(-n3ccc(N4CCC[C@H](CO)C4)n3)c3c(n2)CNC3=O)c(C#N)c1. The first-order valence-corrected chi connectivity index (χ1v) is 12.0. The van der Waals surface area contributed by atoms with Gasteiger partial charge in [-0.25, -0.2) is 14.1 Å². The number of hydrogen-bond donors (Lipinski definition) is 2. The van der Waals surface area contributed by atoms with Gasteiger partial charge in [0.2, 0.25) is 0 Å². The highest BCUT2D eigenvalue weighted by Gasteiger charge is 2.29. The number of nitrogens with one attached hydrogen (secondary N) is 1. The number of nitrogens with zero attached hydrogens (tertiary/aromatic N) is 5. The van der Waals surface area contributed by atoms with E-state index in [1.807, 2.05) is 13.0 Å². The summed E-state index contributed by atoms with van der Waals surface area (Å²) in [6.07, 6.45) is 5.25. The Labute approximate surface area is 203 Å². The second kappa shape index (κ2) is 9.47. The summed E-state index contributed by atoms with van der Waals surface area (Å²) < 4.78 is 16.9. The van der Waals surface area contributed by atoms with Crippen molar-refractivity contribution in [2.45, 2.75) is 39.2 Å². The molecule has 0 bridgehead atoms. The molecule has 3 aromatic rings. The first-order chi connectivity index (χ1) is 17.0. The van der Waals surface area contributed by atoms with Crippen LogP contribution >= 0.6 is 0 Å². The lowest BCUT2D eigenvalue weighted by Gasteiger charge is -2.31. The third-order valence-electron chi connectivity index (χ3n) is 6.71. The van der Waals surface area contributed by atoms with Crippen molar-refractivity contribution in [3.63, 3.8) is 0 Å². The number of amides is 1. The van der Waals surface area contributed by atoms with Crippen LogP contribution in [0.15, 0.2) is 30.5 Å². The number of aliphatic hydroxyl groups is 1. The van der Waals surface area contributed by atoms with Crippen LogP contribution in [0.5, 0.6) is 0 Å². The molecule has 1 aromatic carbocycles. The van der Waals surface area contributed by atoms with Gasteiger partial charge in [-0.15, -0.1) is 0 Å². The van der Waals surface area contributed by atoms with Gasteiger partial charge >= 0.3 is 0 Å². The summed E-state index contributed by atoms with van der Waals surface area (Å²) in [4.78, 5) is 19.3. The third kappa shape index (κ3) is 4.26. The van der Waals surface area contributed by atoms with Crippen molar-refractivity contribution >= 4 is 11.7 Å². The Balaban J connectivity index is 1.60. The monoisotopic (exact) mass is 474 g/mol. The highest BCUT2D eigenvalue weighted by atomic mass is 19.1. The van der Waals surface area contributed by atoms with Crippen molar-refractivity contribution in [2.24, 2.45) is 5.92 Å². The molecule has 1 fully saturated rings. The first-order valence-electron chi connectivity index (χ1n) is 12.0. The van der Waals surface area contributed by atoms with Gasteiger partial charge in [0, 0.05) is 32.0 Å². The van der Waals surface area contributed by atoms with Crippen molar-refractivity contribution in [1.29, 1.82) is 5.26 Å². The number of halogens is 1. The minimum absolute atomic E-state index is 0.130. The Morgan fingerprint density at radius 2 is 2.17 bits per heavy atom. The van der Waals surface area contributed by atoms with E-state index in [2.05, 4.69) is 21.3 Å². The minimum Gasteiger partial charge on any atom is -0.396 e. The molecule has 1 atom stereocenters. The molecular formula is C26H27FN6O2. The van der Waals surface area contributed by atoms with E-state index in [1.165, 1.54) is 6.07 Å². The van der Waals surface area contributed by atoms with E-state index in [0.717, 1.165) is 37.2 Å². The number of hydrogen-bond acceptors (Lipinski definition) is 6. The highest BCUT2D eigenvalue weighted by molar-refractivity contribution is 6.01. The molecule has 0 aliphatic carbocycles. The van der Waals surface area contributed by atoms with E-state index < -0.39 is 5.82 Å². The number of benzene rings is 1. The van der Waals surface area contributed by atoms with Gasteiger partial charge in [0.15, 0.2) is 5.82 Å². The Kier molecular flexibility index (Phi) is 6.22. The first kappa shape index (κ1) is 23.0. The van der Waals surface area contributed by atoms with E-state index >= 15 is 4.39 Å². The maximum absolute atomic E-state index is 15.3. The maximum atomic E-state index is 15.3. The second-order valence-corrected chi connectivity index (χ2v) is 9.15. The summed E-state index contributed by atoms with van der Waals surface area (Å²) in [6.45, 7) is 3.93. The average Bonchev–Trinajstić information content (AvgIpc) is 3.51. The van der Waals surface area contributed by atoms with E-state index in [-0.39, 0.29) is 36.1 Å². The van der Waals surface area contributed by atoms with Crippen molar-refractivity contribution < 1.29 is 14.3 Å². The molecule has 0 radical (unpaired) electrons. The fraction of sp³-hybridized carbons (Fsp3) is 0.385. The van der Waals surface area contributed by atoms with Crippen molar-refractivity contribution in [2.75, 3.05) is 24.6 Å². The largest absolute Gasteiger partial charge is 0.396 e. The van der Waals surface area contributed by atoms with E-state index in [1.54, 1.807) is 23.0 Å². The van der Waals surface area contributed by atoms with Crippen molar-refractivity contribution in [3.05, 3.63) is 58.7 Å². The van der Waals surface area contributed by atoms with E-state index in [4.69, 9.17) is 5.10 Å². The summed E-state index contributed by atoms with van der Waals surface area (Å²) in [5.41, 5.74) is 2.79. The molecule has 5 rings (SSSR count). The molecule has 0 saturated carbocycles. The number of pyridine rings is 1. The van der Waals surface area contributed by atoms with Crippen LogP contribution in [0.3, 0.4) is 0 Å². The van der Waals surface area contributed by atoms with Crippen LogP contribution in [0.1, 0.15) is 53.4 Å². The van der Waals surface area contributed by atoms with Crippen LogP contribution in [0.25, 0.3) is 16.9 Å². The van der Waals surface area contributed by atoms with Crippen LogP contribution in [0, 0.1) is 23.1 Å². The summed E-state index contributed by atoms with van der Waals surface area (Å²) in [5.74, 6) is 0.192. The van der Waals surface area contributed by atoms with Gasteiger partial charge in [0.05, 0.1) is 46.4 Å². The van der Waals surface area contributed by atoms with Crippen LogP contribution < -0.4 is 10.2 Å². The molecule has 2 aliphatic heterocycles. The molecule has 9 heteroatoms. The zero-order valence-electron chi connectivity index (χ0n) is 19.6. The summed E-state index contributed by atoms with van der Waals surface area (Å²) in [6, 6.07) is 8.78. The Bertz CT molecular complexity index is 1330. The summed E-state index contributed by atoms with van der Waals surface area (Å²) in [5, 5.41) is 26.8. The van der Waals surface area contributed by atoms with Crippen LogP contribution in [-0.4, -0.2) is 45.5 Å². The van der Waals surface area contributed by atoms with Gasteiger partial charge < -0.3 is 15.3 Å². The topological polar surface area (TPSA) is 107 Å². The standard InChI is InChI=1S/C26H27FN6O2/c1-2-4-16-9-18(12-28)24(19(27)10-16)20-11-22(25-21(30-20)13-29-26(25)35)33-8-6-23(31-33)32-7-3-5-17(14-32)15-34/h6,8-11,17,34H,2-5,7,13-15H2,1H3,(H,29,35)/t17-/m0/s1. The molecule has 2 aliphatic rings. The maximum Gasteiger partial charge on any atom is 0.255 e. The van der Waals surface area contributed by atoms with E-state index in [0.29, 0.717) is 35.6 Å². The molecule has 2 aromatic heterocycles. The molecule has 8 nitrogen and oxygen atoms in total. The number of fused-ring (bicyclic) bond motifs is 1. The fourth-order valence-electron chi connectivity index (χ4n) is 5.00. The smallest absolute Gasteiger partial charge is 0.255 e. The molecule has 0 unspecified atom stereocenters. The van der Waals surface area contributed by atoms with Crippen LogP contribution in [-0.2, 0) is 13.0 Å². The lowest BCUT2D eigenvalue weighted by Crippen LogP contribution is -2.37. The second-order valence-electron chi connectivity index (χ2n) is 9.15. The van der Waals surface area contributed by atoms with Crippen LogP contribution in [0.4, 0.5) is 10.2 Å². The van der Waals surface area contributed by atoms with Crippen molar-refractivity contribution in [3.8, 4) is 23.0 Å². The molecule has 1 amide bonds. The third-order valence-corrected chi connectivity index (χ3v) is 6.71. The number of piperidine rings is 1. The number of aryl methyl sites for hydroxylation is 1. The molecule has 2 N–H and O–H groups in total. The van der Waals surface area contributed by atoms with Gasteiger partial charge in [-0.3, -0.25) is 4.79 Å². The Morgan fingerprint density at radius 1 is 1.31 bits per heavy atom. The number of aromatic nitrogens is 3. The zero-order valence-corrected chi connectivity index (χ0v) is 19.6. The molecule has 35 heavy (non-hydrogen) atoms. The quantitative estimate of drug-likeness (QED) is 0.567. The Morgan fingerprint density at radius 3 is 2.94 bits per heavy atom. The minimum atomic E-state index is -0.507. The molecule has 1 saturated heterocycles. The van der Waals surface area contributed by atoms with Gasteiger partial charge in [-0.1, -0.05) is 13.3 Å². The lowest BCUT2D eigenvalue weighted by atomic mass is 9.97. The summed E-state index contributed by atoms with van der Waals surface area (Å²) >= 11 is 0. The number of rotatable bonds is 6. The average molecular weight is 475 g/mol. The highest BCUT2D eigenvalue weighted by Crippen LogP contribution is 2.33. The van der Waals surface area contributed by atoms with E-state index in [9.17, 15) is 15.2 Å². The summed E-state index contributed by atoms with van der Waals surface area (Å²) in [7, 11) is 0. The zero-order chi connectivity index (χ0) is 24.5. The number of carbonyl (C=O) groups excluding carboxylic acids is 1. The van der Waals surface area contributed by atoms with Crippen LogP contribution in [0.2, 0.25) is 0 Å². The predicted octanol–water partition coefficient (Wildman–Crippen LogP) is 3.35. The Hall–Kier alpha value is -3.77. The molecule has 0 spiro atoms. The molecule has 4 heterocycles. The van der Waals surface area contributed by atoms with Gasteiger partial charge in [-0.2, -0.15) is 10.4 Å². The number of aliphatic hydroxyl groups excluding tert-OH is 1. The fourth-order valence-corrected chi connectivity index (χ4v) is 5.00. The van der Waals surface area contributed by atoms with Gasteiger partial charge in [-0.05, 0) is 48.9 Å². The number of carbonyl (C=O) groups is 1. The number of nitriles is 1. The van der Waals surface area contributed by atoms with Gasteiger partial charge in [0.1, 0.15) is 5.82 Å². The molecule has 180 valence electrons. The normalized spacial score (nSPS) is 17.3. The number of anilines is 1. The molecular weight excluding hydrogens is 447 g/mol. The lowest BCUT2D eigenvalue weighted by molar-refractivity contribution is 0.0965. The predicted molar refractivity (Wildman–Crippen MR) is 129 cm³/mol. The van der Waals surface area contributed by atoms with Gasteiger partial charge in [0.25, 0.3) is 5.91 Å².